The lowest BCUT2D eigenvalue weighted by Gasteiger charge is -2.10. The Bertz CT molecular complexity index is 1150. The first-order chi connectivity index (χ1) is 16.2. The van der Waals surface area contributed by atoms with E-state index in [4.69, 9.17) is 13.9 Å². The summed E-state index contributed by atoms with van der Waals surface area (Å²) in [5.41, 5.74) is 3.87. The summed E-state index contributed by atoms with van der Waals surface area (Å²) >= 11 is 0. The number of carbonyl (C=O) groups excluding carboxylic acids is 1. The number of nitrogens with one attached hydrogen (secondary N) is 1. The third-order valence-corrected chi connectivity index (χ3v) is 5.01. The van der Waals surface area contributed by atoms with Crippen LogP contribution in [0.4, 0.5) is 0 Å². The number of hydrogen-bond acceptors (Lipinski definition) is 5. The van der Waals surface area contributed by atoms with Gasteiger partial charge in [-0.05, 0) is 42.3 Å². The maximum absolute atomic E-state index is 13.1. The minimum atomic E-state index is -0.220. The van der Waals surface area contributed by atoms with Crippen molar-refractivity contribution in [3.8, 4) is 17.1 Å². The van der Waals surface area contributed by atoms with E-state index in [0.717, 1.165) is 16.8 Å². The van der Waals surface area contributed by atoms with Gasteiger partial charge in [0, 0.05) is 19.2 Å². The van der Waals surface area contributed by atoms with Gasteiger partial charge >= 0.3 is 0 Å². The third-order valence-electron chi connectivity index (χ3n) is 5.01. The second kappa shape index (κ2) is 11.3. The van der Waals surface area contributed by atoms with E-state index < -0.39 is 0 Å². The first kappa shape index (κ1) is 22.5. The zero-order chi connectivity index (χ0) is 22.9. The highest BCUT2D eigenvalue weighted by molar-refractivity contribution is 5.94. The Kier molecular flexibility index (Phi) is 7.68. The second-order valence-corrected chi connectivity index (χ2v) is 7.39. The SMILES string of the molecule is CCOCCOCc1cccc(CNC(=O)c2cc(-c3ccco3)nn2-c2ccccc2)c1. The molecule has 0 fully saturated rings. The number of nitrogens with zero attached hydrogens (tertiary/aromatic N) is 2. The van der Waals surface area contributed by atoms with E-state index in [9.17, 15) is 4.79 Å². The molecule has 7 nitrogen and oxygen atoms in total. The molecule has 2 heterocycles. The number of furan rings is 1. The van der Waals surface area contributed by atoms with Crippen molar-refractivity contribution in [2.75, 3.05) is 19.8 Å². The first-order valence-electron chi connectivity index (χ1n) is 11.0. The Morgan fingerprint density at radius 1 is 0.970 bits per heavy atom. The molecule has 2 aromatic carbocycles. The lowest BCUT2D eigenvalue weighted by Crippen LogP contribution is -2.25. The zero-order valence-corrected chi connectivity index (χ0v) is 18.6. The molecule has 0 spiro atoms. The van der Waals surface area contributed by atoms with Crippen LogP contribution in [0.2, 0.25) is 0 Å². The van der Waals surface area contributed by atoms with Crippen molar-refractivity contribution in [2.45, 2.75) is 20.1 Å². The number of amides is 1. The molecule has 0 radical (unpaired) electrons. The summed E-state index contributed by atoms with van der Waals surface area (Å²) in [5.74, 6) is 0.387. The Hall–Kier alpha value is -3.68. The quantitative estimate of drug-likeness (QED) is 0.341. The van der Waals surface area contributed by atoms with Gasteiger partial charge in [-0.25, -0.2) is 4.68 Å². The topological polar surface area (TPSA) is 78.5 Å². The number of ether oxygens (including phenoxy) is 2. The van der Waals surface area contributed by atoms with Gasteiger partial charge in [-0.2, -0.15) is 5.10 Å². The molecule has 7 heteroatoms. The molecule has 1 amide bonds. The molecule has 4 rings (SSSR count). The van der Waals surface area contributed by atoms with E-state index >= 15 is 0 Å². The van der Waals surface area contributed by atoms with E-state index in [1.54, 1.807) is 23.1 Å². The van der Waals surface area contributed by atoms with Gasteiger partial charge in [0.25, 0.3) is 5.91 Å². The van der Waals surface area contributed by atoms with Crippen molar-refractivity contribution in [3.63, 3.8) is 0 Å². The fourth-order valence-electron chi connectivity index (χ4n) is 3.41. The lowest BCUT2D eigenvalue weighted by atomic mass is 10.1. The van der Waals surface area contributed by atoms with Gasteiger partial charge in [0.15, 0.2) is 5.76 Å². The number of aromatic nitrogens is 2. The van der Waals surface area contributed by atoms with Gasteiger partial charge < -0.3 is 19.2 Å². The highest BCUT2D eigenvalue weighted by Gasteiger charge is 2.18. The maximum atomic E-state index is 13.1. The van der Waals surface area contributed by atoms with Crippen LogP contribution < -0.4 is 5.32 Å². The molecule has 0 aliphatic carbocycles. The van der Waals surface area contributed by atoms with Gasteiger partial charge in [-0.3, -0.25) is 4.79 Å². The lowest BCUT2D eigenvalue weighted by molar-refractivity contribution is 0.0453. The van der Waals surface area contributed by atoms with Crippen molar-refractivity contribution < 1.29 is 18.7 Å². The molecule has 4 aromatic rings. The second-order valence-electron chi connectivity index (χ2n) is 7.39. The molecule has 0 saturated carbocycles. The van der Waals surface area contributed by atoms with Crippen LogP contribution in [0.15, 0.2) is 83.5 Å². The molecular formula is C26H27N3O4. The van der Waals surface area contributed by atoms with E-state index in [1.165, 1.54) is 0 Å². The molecule has 170 valence electrons. The van der Waals surface area contributed by atoms with Crippen LogP contribution in [0.25, 0.3) is 17.1 Å². The number of para-hydroxylation sites is 1. The number of hydrogen-bond donors (Lipinski definition) is 1. The normalized spacial score (nSPS) is 10.9. The van der Waals surface area contributed by atoms with Crippen LogP contribution in [0.1, 0.15) is 28.5 Å². The predicted molar refractivity (Wildman–Crippen MR) is 125 cm³/mol. The van der Waals surface area contributed by atoms with Crippen molar-refractivity contribution in [3.05, 3.63) is 95.9 Å². The maximum Gasteiger partial charge on any atom is 0.270 e. The number of rotatable bonds is 11. The fraction of sp³-hybridized carbons (Fsp3) is 0.231. The summed E-state index contributed by atoms with van der Waals surface area (Å²) in [5, 5.41) is 7.61. The highest BCUT2D eigenvalue weighted by Crippen LogP contribution is 2.22. The van der Waals surface area contributed by atoms with Crippen LogP contribution >= 0.6 is 0 Å². The summed E-state index contributed by atoms with van der Waals surface area (Å²) in [6.07, 6.45) is 1.59. The molecule has 0 aliphatic heterocycles. The van der Waals surface area contributed by atoms with E-state index in [-0.39, 0.29) is 5.91 Å². The van der Waals surface area contributed by atoms with Gasteiger partial charge in [-0.1, -0.05) is 42.5 Å². The summed E-state index contributed by atoms with van der Waals surface area (Å²) in [6, 6.07) is 22.9. The predicted octanol–water partition coefficient (Wildman–Crippen LogP) is 4.62. The summed E-state index contributed by atoms with van der Waals surface area (Å²) < 4.78 is 18.0. The van der Waals surface area contributed by atoms with Gasteiger partial charge in [0.2, 0.25) is 0 Å². The van der Waals surface area contributed by atoms with Crippen LogP contribution in [-0.4, -0.2) is 35.5 Å². The van der Waals surface area contributed by atoms with Crippen molar-refractivity contribution in [1.29, 1.82) is 0 Å². The van der Waals surface area contributed by atoms with E-state index in [0.29, 0.717) is 50.1 Å². The van der Waals surface area contributed by atoms with E-state index in [2.05, 4.69) is 10.4 Å². The average Bonchev–Trinajstić information content (AvgIpc) is 3.54. The average molecular weight is 446 g/mol. The number of carbonyl (C=O) groups is 1. The molecule has 1 N–H and O–H groups in total. The molecule has 33 heavy (non-hydrogen) atoms. The monoisotopic (exact) mass is 445 g/mol. The van der Waals surface area contributed by atoms with Crippen LogP contribution in [0.5, 0.6) is 0 Å². The standard InChI is InChI=1S/C26H27N3O4/c1-2-31-14-15-32-19-21-9-6-8-20(16-21)18-27-26(30)24-17-23(25-12-7-13-33-25)28-29(24)22-10-4-3-5-11-22/h3-13,16-17H,2,14-15,18-19H2,1H3,(H,27,30). The highest BCUT2D eigenvalue weighted by atomic mass is 16.5. The van der Waals surface area contributed by atoms with Gasteiger partial charge in [-0.15, -0.1) is 0 Å². The largest absolute Gasteiger partial charge is 0.463 e. The van der Waals surface area contributed by atoms with Gasteiger partial charge in [0.05, 0.1) is 31.8 Å². The Balaban J connectivity index is 1.45. The van der Waals surface area contributed by atoms with Crippen molar-refractivity contribution in [1.82, 2.24) is 15.1 Å². The minimum Gasteiger partial charge on any atom is -0.463 e. The Morgan fingerprint density at radius 2 is 1.79 bits per heavy atom. The third kappa shape index (κ3) is 5.97. The smallest absolute Gasteiger partial charge is 0.270 e. The minimum absolute atomic E-state index is 0.220. The molecule has 0 saturated heterocycles. The van der Waals surface area contributed by atoms with Crippen LogP contribution in [0, 0.1) is 0 Å². The van der Waals surface area contributed by atoms with E-state index in [1.807, 2.05) is 67.6 Å². The zero-order valence-electron chi connectivity index (χ0n) is 18.6. The first-order valence-corrected chi connectivity index (χ1v) is 11.0. The Morgan fingerprint density at radius 3 is 2.58 bits per heavy atom. The Labute approximate surface area is 192 Å². The number of benzene rings is 2. The molecule has 0 aliphatic rings. The molecule has 0 atom stereocenters. The molecule has 0 unspecified atom stereocenters. The molecule has 0 bridgehead atoms. The van der Waals surface area contributed by atoms with Crippen molar-refractivity contribution >= 4 is 5.91 Å². The molecular weight excluding hydrogens is 418 g/mol. The fourth-order valence-corrected chi connectivity index (χ4v) is 3.41. The summed E-state index contributed by atoms with van der Waals surface area (Å²) in [4.78, 5) is 13.1. The van der Waals surface area contributed by atoms with Crippen molar-refractivity contribution in [2.24, 2.45) is 0 Å². The summed E-state index contributed by atoms with van der Waals surface area (Å²) in [7, 11) is 0. The van der Waals surface area contributed by atoms with Crippen LogP contribution in [-0.2, 0) is 22.6 Å². The molecule has 2 aromatic heterocycles. The van der Waals surface area contributed by atoms with Crippen LogP contribution in [0.3, 0.4) is 0 Å². The van der Waals surface area contributed by atoms with Gasteiger partial charge in [0.1, 0.15) is 11.4 Å². The summed E-state index contributed by atoms with van der Waals surface area (Å²) in [6.45, 7) is 4.68.